The maximum atomic E-state index is 11.7. The van der Waals surface area contributed by atoms with Crippen molar-refractivity contribution < 1.29 is 27.5 Å². The van der Waals surface area contributed by atoms with Crippen molar-refractivity contribution in [2.75, 3.05) is 12.9 Å². The van der Waals surface area contributed by atoms with Crippen LogP contribution in [0.3, 0.4) is 0 Å². The molecule has 7 heteroatoms. The van der Waals surface area contributed by atoms with Gasteiger partial charge in [0.25, 0.3) is 0 Å². The Morgan fingerprint density at radius 3 is 2.42 bits per heavy atom. The molecule has 0 spiro atoms. The molecule has 0 radical (unpaired) electrons. The first-order valence-corrected chi connectivity index (χ1v) is 7.45. The molecule has 0 saturated carbocycles. The van der Waals surface area contributed by atoms with Gasteiger partial charge in [0.1, 0.15) is 0 Å². The summed E-state index contributed by atoms with van der Waals surface area (Å²) in [6, 6.07) is 5.33. The van der Waals surface area contributed by atoms with E-state index in [-0.39, 0.29) is 17.1 Å². The van der Waals surface area contributed by atoms with E-state index in [9.17, 15) is 18.0 Å². The average Bonchev–Trinajstić information content (AvgIpc) is 2.74. The molecule has 1 heterocycles. The van der Waals surface area contributed by atoms with E-state index in [1.807, 2.05) is 0 Å². The second kappa shape index (κ2) is 5.00. The minimum absolute atomic E-state index is 0.115. The monoisotopic (exact) mass is 284 g/mol. The van der Waals surface area contributed by atoms with Crippen molar-refractivity contribution in [3.8, 4) is 0 Å². The summed E-state index contributed by atoms with van der Waals surface area (Å²) in [5.74, 6) is -1.23. The number of ether oxygens (including phenoxy) is 2. The molecule has 0 aliphatic carbocycles. The van der Waals surface area contributed by atoms with Crippen LogP contribution < -0.4 is 0 Å². The molecule has 1 atom stereocenters. The lowest BCUT2D eigenvalue weighted by atomic mass is 10.2. The Labute approximate surface area is 110 Å². The Kier molecular flexibility index (Phi) is 3.57. The summed E-state index contributed by atoms with van der Waals surface area (Å²) >= 11 is 0. The highest BCUT2D eigenvalue weighted by atomic mass is 32.2. The molecule has 1 aromatic rings. The maximum Gasteiger partial charge on any atom is 0.347 e. The number of cyclic esters (lactones) is 1. The van der Waals surface area contributed by atoms with Gasteiger partial charge in [-0.05, 0) is 24.3 Å². The number of benzene rings is 1. The third-order valence-corrected chi connectivity index (χ3v) is 3.78. The zero-order chi connectivity index (χ0) is 14.0. The van der Waals surface area contributed by atoms with Crippen molar-refractivity contribution in [3.05, 3.63) is 29.8 Å². The van der Waals surface area contributed by atoms with E-state index in [0.717, 1.165) is 6.26 Å². The topological polar surface area (TPSA) is 86.7 Å². The molecule has 1 fully saturated rings. The van der Waals surface area contributed by atoms with E-state index in [2.05, 4.69) is 4.74 Å². The van der Waals surface area contributed by atoms with E-state index < -0.39 is 27.9 Å². The highest BCUT2D eigenvalue weighted by Crippen LogP contribution is 2.15. The standard InChI is InChI=1S/C12H12O6S/c1-19(15,16)9-4-2-8(3-5-9)11(13)18-10-6-7-17-12(10)14/h2-5,10H,6-7H2,1H3. The molecule has 0 N–H and O–H groups in total. The molecule has 1 aromatic carbocycles. The van der Waals surface area contributed by atoms with Gasteiger partial charge >= 0.3 is 11.9 Å². The Morgan fingerprint density at radius 2 is 1.95 bits per heavy atom. The highest BCUT2D eigenvalue weighted by molar-refractivity contribution is 7.90. The number of hydrogen-bond donors (Lipinski definition) is 0. The van der Waals surface area contributed by atoms with E-state index >= 15 is 0 Å². The number of carbonyl (C=O) groups excluding carboxylic acids is 2. The van der Waals surface area contributed by atoms with Gasteiger partial charge in [-0.25, -0.2) is 18.0 Å². The Morgan fingerprint density at radius 1 is 1.32 bits per heavy atom. The Balaban J connectivity index is 2.10. The Bertz CT molecular complexity index is 602. The first-order chi connectivity index (χ1) is 8.88. The normalized spacial score (nSPS) is 19.0. The van der Waals surface area contributed by atoms with Crippen LogP contribution in [-0.2, 0) is 24.1 Å². The number of esters is 2. The van der Waals surface area contributed by atoms with Crippen LogP contribution in [0, 0.1) is 0 Å². The van der Waals surface area contributed by atoms with Crippen molar-refractivity contribution in [1.82, 2.24) is 0 Å². The predicted octanol–water partition coefficient (Wildman–Crippen LogP) is 0.562. The second-order valence-electron chi connectivity index (χ2n) is 4.15. The summed E-state index contributed by atoms with van der Waals surface area (Å²) < 4.78 is 32.2. The van der Waals surface area contributed by atoms with Gasteiger partial charge < -0.3 is 9.47 Å². The molecule has 102 valence electrons. The van der Waals surface area contributed by atoms with Crippen molar-refractivity contribution >= 4 is 21.8 Å². The number of hydrogen-bond acceptors (Lipinski definition) is 6. The highest BCUT2D eigenvalue weighted by Gasteiger charge is 2.30. The zero-order valence-corrected chi connectivity index (χ0v) is 11.0. The molecule has 0 bridgehead atoms. The molecule has 0 amide bonds. The summed E-state index contributed by atoms with van der Waals surface area (Å²) in [7, 11) is -3.30. The van der Waals surface area contributed by atoms with E-state index in [1.165, 1.54) is 24.3 Å². The molecule has 1 aliphatic heterocycles. The van der Waals surface area contributed by atoms with E-state index in [0.29, 0.717) is 6.42 Å². The lowest BCUT2D eigenvalue weighted by Crippen LogP contribution is -2.22. The number of rotatable bonds is 3. The minimum atomic E-state index is -3.30. The van der Waals surface area contributed by atoms with Crippen molar-refractivity contribution in [2.24, 2.45) is 0 Å². The lowest BCUT2D eigenvalue weighted by molar-refractivity contribution is -0.145. The first kappa shape index (κ1) is 13.5. The zero-order valence-electron chi connectivity index (χ0n) is 10.2. The Hall–Kier alpha value is -1.89. The maximum absolute atomic E-state index is 11.7. The minimum Gasteiger partial charge on any atom is -0.463 e. The van der Waals surface area contributed by atoms with Gasteiger partial charge in [-0.15, -0.1) is 0 Å². The van der Waals surface area contributed by atoms with Crippen LogP contribution in [0.1, 0.15) is 16.8 Å². The van der Waals surface area contributed by atoms with Crippen molar-refractivity contribution in [3.63, 3.8) is 0 Å². The molecule has 1 saturated heterocycles. The predicted molar refractivity (Wildman–Crippen MR) is 64.3 cm³/mol. The van der Waals surface area contributed by atoms with Gasteiger partial charge in [0.15, 0.2) is 9.84 Å². The largest absolute Gasteiger partial charge is 0.463 e. The van der Waals surface area contributed by atoms with Gasteiger partial charge in [0.05, 0.1) is 17.1 Å². The lowest BCUT2D eigenvalue weighted by Gasteiger charge is -2.08. The van der Waals surface area contributed by atoms with Crippen LogP contribution >= 0.6 is 0 Å². The van der Waals surface area contributed by atoms with Crippen LogP contribution in [0.4, 0.5) is 0 Å². The summed E-state index contributed by atoms with van der Waals surface area (Å²) in [4.78, 5) is 23.0. The summed E-state index contributed by atoms with van der Waals surface area (Å²) in [6.07, 6.45) is 0.544. The second-order valence-corrected chi connectivity index (χ2v) is 6.16. The third kappa shape index (κ3) is 3.11. The van der Waals surface area contributed by atoms with Gasteiger partial charge in [0, 0.05) is 12.7 Å². The molecule has 0 aromatic heterocycles. The number of carbonyl (C=O) groups is 2. The molecule has 2 rings (SSSR count). The smallest absolute Gasteiger partial charge is 0.347 e. The summed E-state index contributed by atoms with van der Waals surface area (Å²) in [5.41, 5.74) is 0.187. The van der Waals surface area contributed by atoms with Crippen LogP contribution in [0.15, 0.2) is 29.2 Å². The molecule has 1 unspecified atom stereocenters. The van der Waals surface area contributed by atoms with E-state index in [4.69, 9.17) is 4.74 Å². The molecule has 1 aliphatic rings. The summed E-state index contributed by atoms with van der Waals surface area (Å²) in [5, 5.41) is 0. The fourth-order valence-electron chi connectivity index (χ4n) is 1.62. The van der Waals surface area contributed by atoms with Crippen molar-refractivity contribution in [1.29, 1.82) is 0 Å². The van der Waals surface area contributed by atoms with Gasteiger partial charge in [-0.3, -0.25) is 0 Å². The SMILES string of the molecule is CS(=O)(=O)c1ccc(C(=O)OC2CCOC2=O)cc1. The van der Waals surface area contributed by atoms with E-state index in [1.54, 1.807) is 0 Å². The van der Waals surface area contributed by atoms with Crippen LogP contribution in [0.2, 0.25) is 0 Å². The van der Waals surface area contributed by atoms with Crippen LogP contribution in [-0.4, -0.2) is 39.3 Å². The van der Waals surface area contributed by atoms with Gasteiger partial charge in [-0.1, -0.05) is 0 Å². The van der Waals surface area contributed by atoms with Gasteiger partial charge in [0.2, 0.25) is 6.10 Å². The molecular formula is C12H12O6S. The molecular weight excluding hydrogens is 272 g/mol. The van der Waals surface area contributed by atoms with Crippen LogP contribution in [0.5, 0.6) is 0 Å². The molecule has 6 nitrogen and oxygen atoms in total. The first-order valence-electron chi connectivity index (χ1n) is 5.55. The average molecular weight is 284 g/mol. The van der Waals surface area contributed by atoms with Crippen LogP contribution in [0.25, 0.3) is 0 Å². The third-order valence-electron chi connectivity index (χ3n) is 2.65. The number of sulfone groups is 1. The van der Waals surface area contributed by atoms with Crippen molar-refractivity contribution in [2.45, 2.75) is 17.4 Å². The molecule has 19 heavy (non-hydrogen) atoms. The fourth-order valence-corrected chi connectivity index (χ4v) is 2.25. The fraction of sp³-hybridized carbons (Fsp3) is 0.333. The quantitative estimate of drug-likeness (QED) is 0.754. The van der Waals surface area contributed by atoms with Gasteiger partial charge in [-0.2, -0.15) is 0 Å². The summed E-state index contributed by atoms with van der Waals surface area (Å²) in [6.45, 7) is 0.240.